The van der Waals surface area contributed by atoms with Crippen LogP contribution in [-0.4, -0.2) is 12.0 Å². The Balaban J connectivity index is 3.12. The molecule has 7 heteroatoms. The maximum Gasteiger partial charge on any atom is 0.420 e. The first-order valence-corrected chi connectivity index (χ1v) is 5.18. The molecule has 0 saturated carbocycles. The molecule has 1 aromatic rings. The summed E-state index contributed by atoms with van der Waals surface area (Å²) in [6.45, 7) is 1.58. The first kappa shape index (κ1) is 14.1. The van der Waals surface area contributed by atoms with Crippen LogP contribution in [0.5, 0.6) is 5.75 Å². The Kier molecular flexibility index (Phi) is 4.05. The molecule has 18 heavy (non-hydrogen) atoms. The Morgan fingerprint density at radius 1 is 1.44 bits per heavy atom. The SMILES string of the molecule is CCC(Oc1ccc(N)cc1C(F)(F)F)C(N)=O. The number of carbonyl (C=O) groups excluding carboxylic acids is 1. The van der Waals surface area contributed by atoms with Crippen LogP contribution in [0.1, 0.15) is 18.9 Å². The molecule has 1 atom stereocenters. The Morgan fingerprint density at radius 2 is 2.06 bits per heavy atom. The standard InChI is InChI=1S/C11H13F3N2O2/c1-2-8(10(16)17)18-9-4-3-6(15)5-7(9)11(12,13)14/h3-5,8H,2,15H2,1H3,(H2,16,17). The van der Waals surface area contributed by atoms with Crippen LogP contribution in [0, 0.1) is 0 Å². The molecule has 0 aliphatic carbocycles. The van der Waals surface area contributed by atoms with Crippen LogP contribution < -0.4 is 16.2 Å². The highest BCUT2D eigenvalue weighted by molar-refractivity contribution is 5.79. The number of carbonyl (C=O) groups is 1. The lowest BCUT2D eigenvalue weighted by Crippen LogP contribution is -2.33. The smallest absolute Gasteiger partial charge is 0.420 e. The number of halogens is 3. The number of nitrogen functional groups attached to an aromatic ring is 1. The molecule has 0 radical (unpaired) electrons. The fraction of sp³-hybridized carbons (Fsp3) is 0.364. The van der Waals surface area contributed by atoms with Gasteiger partial charge < -0.3 is 16.2 Å². The molecule has 100 valence electrons. The number of primary amides is 1. The zero-order chi connectivity index (χ0) is 13.9. The van der Waals surface area contributed by atoms with Crippen LogP contribution in [0.15, 0.2) is 18.2 Å². The third-order valence-corrected chi connectivity index (χ3v) is 2.27. The highest BCUT2D eigenvalue weighted by Crippen LogP contribution is 2.37. The second-order valence-corrected chi connectivity index (χ2v) is 3.67. The Bertz CT molecular complexity index is 446. The summed E-state index contributed by atoms with van der Waals surface area (Å²) in [7, 11) is 0. The predicted molar refractivity (Wildman–Crippen MR) is 59.8 cm³/mol. The number of ether oxygens (including phenoxy) is 1. The lowest BCUT2D eigenvalue weighted by atomic mass is 10.1. The van der Waals surface area contributed by atoms with Gasteiger partial charge in [-0.3, -0.25) is 4.79 Å². The van der Waals surface area contributed by atoms with E-state index in [1.165, 1.54) is 6.07 Å². The van der Waals surface area contributed by atoms with E-state index in [4.69, 9.17) is 16.2 Å². The zero-order valence-electron chi connectivity index (χ0n) is 9.62. The molecule has 0 saturated heterocycles. The zero-order valence-corrected chi connectivity index (χ0v) is 9.62. The molecular weight excluding hydrogens is 249 g/mol. The van der Waals surface area contributed by atoms with E-state index in [1.807, 2.05) is 0 Å². The van der Waals surface area contributed by atoms with Crippen molar-refractivity contribution in [2.45, 2.75) is 25.6 Å². The highest BCUT2D eigenvalue weighted by Gasteiger charge is 2.35. The number of benzene rings is 1. The quantitative estimate of drug-likeness (QED) is 0.814. The van der Waals surface area contributed by atoms with E-state index >= 15 is 0 Å². The molecule has 0 fully saturated rings. The van der Waals surface area contributed by atoms with Crippen molar-refractivity contribution in [1.82, 2.24) is 0 Å². The van der Waals surface area contributed by atoms with E-state index in [-0.39, 0.29) is 12.1 Å². The van der Waals surface area contributed by atoms with E-state index in [1.54, 1.807) is 6.92 Å². The topological polar surface area (TPSA) is 78.3 Å². The van der Waals surface area contributed by atoms with Gasteiger partial charge in [0, 0.05) is 5.69 Å². The van der Waals surface area contributed by atoms with E-state index in [9.17, 15) is 18.0 Å². The lowest BCUT2D eigenvalue weighted by molar-refractivity contribution is -0.140. The van der Waals surface area contributed by atoms with Crippen molar-refractivity contribution in [1.29, 1.82) is 0 Å². The Labute approximate surface area is 102 Å². The van der Waals surface area contributed by atoms with Crippen molar-refractivity contribution in [3.63, 3.8) is 0 Å². The molecule has 0 spiro atoms. The second kappa shape index (κ2) is 5.16. The molecule has 4 nitrogen and oxygen atoms in total. The largest absolute Gasteiger partial charge is 0.480 e. The minimum atomic E-state index is -4.61. The number of alkyl halides is 3. The average Bonchev–Trinajstić information content (AvgIpc) is 2.25. The average molecular weight is 262 g/mol. The van der Waals surface area contributed by atoms with Crippen LogP contribution in [0.3, 0.4) is 0 Å². The maximum atomic E-state index is 12.7. The van der Waals surface area contributed by atoms with Crippen molar-refractivity contribution in [2.24, 2.45) is 5.73 Å². The molecule has 4 N–H and O–H groups in total. The van der Waals surface area contributed by atoms with Crippen molar-refractivity contribution < 1.29 is 22.7 Å². The summed E-state index contributed by atoms with van der Waals surface area (Å²) in [5, 5.41) is 0. The van der Waals surface area contributed by atoms with E-state index in [0.29, 0.717) is 0 Å². The third-order valence-electron chi connectivity index (χ3n) is 2.27. The summed E-state index contributed by atoms with van der Waals surface area (Å²) in [5.74, 6) is -1.27. The van der Waals surface area contributed by atoms with Gasteiger partial charge in [-0.15, -0.1) is 0 Å². The van der Waals surface area contributed by atoms with Gasteiger partial charge in [0.05, 0.1) is 5.56 Å². The number of amides is 1. The van der Waals surface area contributed by atoms with Gasteiger partial charge in [-0.05, 0) is 24.6 Å². The van der Waals surface area contributed by atoms with Crippen molar-refractivity contribution in [2.75, 3.05) is 5.73 Å². The maximum absolute atomic E-state index is 12.7. The van der Waals surface area contributed by atoms with Crippen molar-refractivity contribution in [3.8, 4) is 5.75 Å². The Hall–Kier alpha value is -1.92. The molecule has 0 aliphatic rings. The number of anilines is 1. The normalized spacial score (nSPS) is 13.1. The van der Waals surface area contributed by atoms with Crippen molar-refractivity contribution >= 4 is 11.6 Å². The molecular formula is C11H13F3N2O2. The van der Waals surface area contributed by atoms with Gasteiger partial charge in [-0.2, -0.15) is 13.2 Å². The molecule has 1 aromatic carbocycles. The number of hydrogen-bond donors (Lipinski definition) is 2. The summed E-state index contributed by atoms with van der Waals surface area (Å²) in [5.41, 5.74) is 9.25. The number of hydrogen-bond acceptors (Lipinski definition) is 3. The molecule has 1 amide bonds. The molecule has 0 bridgehead atoms. The summed E-state index contributed by atoms with van der Waals surface area (Å²) in [4.78, 5) is 11.0. The predicted octanol–water partition coefficient (Wildman–Crippen LogP) is 1.93. The molecule has 1 rings (SSSR count). The monoisotopic (exact) mass is 262 g/mol. The molecule has 1 unspecified atom stereocenters. The minimum Gasteiger partial charge on any atom is -0.480 e. The summed E-state index contributed by atoms with van der Waals surface area (Å²) in [6.07, 6.45) is -5.53. The number of rotatable bonds is 4. The first-order valence-electron chi connectivity index (χ1n) is 5.18. The van der Waals surface area contributed by atoms with Gasteiger partial charge in [-0.25, -0.2) is 0 Å². The molecule has 0 heterocycles. The highest BCUT2D eigenvalue weighted by atomic mass is 19.4. The molecule has 0 aromatic heterocycles. The van der Waals surface area contributed by atoms with E-state index in [0.717, 1.165) is 12.1 Å². The van der Waals surface area contributed by atoms with Gasteiger partial charge >= 0.3 is 6.18 Å². The van der Waals surface area contributed by atoms with Gasteiger partial charge in [0.1, 0.15) is 5.75 Å². The fourth-order valence-electron chi connectivity index (χ4n) is 1.37. The fourth-order valence-corrected chi connectivity index (χ4v) is 1.37. The minimum absolute atomic E-state index is 0.0400. The van der Waals surface area contributed by atoms with Crippen LogP contribution in [0.4, 0.5) is 18.9 Å². The summed E-state index contributed by atoms with van der Waals surface area (Å²) in [6, 6.07) is 3.09. The number of nitrogens with two attached hydrogens (primary N) is 2. The Morgan fingerprint density at radius 3 is 2.50 bits per heavy atom. The summed E-state index contributed by atoms with van der Waals surface area (Å²) >= 11 is 0. The second-order valence-electron chi connectivity index (χ2n) is 3.67. The third kappa shape index (κ3) is 3.28. The van der Waals surface area contributed by atoms with Gasteiger partial charge in [0.15, 0.2) is 6.10 Å². The van der Waals surface area contributed by atoms with Crippen LogP contribution >= 0.6 is 0 Å². The van der Waals surface area contributed by atoms with Gasteiger partial charge in [0.25, 0.3) is 5.91 Å². The van der Waals surface area contributed by atoms with E-state index in [2.05, 4.69) is 0 Å². The van der Waals surface area contributed by atoms with Crippen LogP contribution in [-0.2, 0) is 11.0 Å². The summed E-state index contributed by atoms with van der Waals surface area (Å²) < 4.78 is 43.2. The lowest BCUT2D eigenvalue weighted by Gasteiger charge is -2.18. The van der Waals surface area contributed by atoms with Crippen LogP contribution in [0.25, 0.3) is 0 Å². The van der Waals surface area contributed by atoms with E-state index < -0.39 is 29.5 Å². The van der Waals surface area contributed by atoms with Crippen LogP contribution in [0.2, 0.25) is 0 Å². The van der Waals surface area contributed by atoms with Gasteiger partial charge in [-0.1, -0.05) is 6.92 Å². The molecule has 0 aliphatic heterocycles. The first-order chi connectivity index (χ1) is 8.25. The van der Waals surface area contributed by atoms with Crippen molar-refractivity contribution in [3.05, 3.63) is 23.8 Å². The van der Waals surface area contributed by atoms with Gasteiger partial charge in [0.2, 0.25) is 0 Å².